The van der Waals surface area contributed by atoms with Gasteiger partial charge in [-0.05, 0) is 37.5 Å². The van der Waals surface area contributed by atoms with Gasteiger partial charge in [0.15, 0.2) is 5.96 Å². The van der Waals surface area contributed by atoms with Crippen LogP contribution in [0.25, 0.3) is 0 Å². The number of amides is 2. The highest BCUT2D eigenvalue weighted by Gasteiger charge is 2.20. The Balaban J connectivity index is 1.78. The van der Waals surface area contributed by atoms with Crippen molar-refractivity contribution >= 4 is 17.8 Å². The summed E-state index contributed by atoms with van der Waals surface area (Å²) in [4.78, 5) is 30.3. The largest absolute Gasteiger partial charge is 0.357 e. The van der Waals surface area contributed by atoms with E-state index in [1.807, 2.05) is 31.2 Å². The van der Waals surface area contributed by atoms with Crippen molar-refractivity contribution in [2.24, 2.45) is 10.9 Å². The first-order chi connectivity index (χ1) is 14.0. The molecule has 0 aliphatic heterocycles. The van der Waals surface area contributed by atoms with Crippen LogP contribution in [0.2, 0.25) is 0 Å². The van der Waals surface area contributed by atoms with Gasteiger partial charge in [0.1, 0.15) is 0 Å². The second kappa shape index (κ2) is 12.1. The van der Waals surface area contributed by atoms with E-state index in [-0.39, 0.29) is 17.7 Å². The molecule has 1 aromatic carbocycles. The van der Waals surface area contributed by atoms with Crippen molar-refractivity contribution in [2.45, 2.75) is 45.6 Å². The third-order valence-corrected chi connectivity index (χ3v) is 5.06. The molecule has 1 aliphatic rings. The molecule has 0 saturated heterocycles. The van der Waals surface area contributed by atoms with E-state index in [0.717, 1.165) is 37.8 Å². The summed E-state index contributed by atoms with van der Waals surface area (Å²) < 4.78 is 0. The van der Waals surface area contributed by atoms with Crippen molar-refractivity contribution < 1.29 is 9.59 Å². The topological polar surface area (TPSA) is 85.8 Å². The number of nitrogens with zero attached hydrogens (tertiary/aromatic N) is 2. The molecule has 1 aromatic rings. The smallest absolute Gasteiger partial charge is 0.253 e. The fourth-order valence-electron chi connectivity index (χ4n) is 3.40. The van der Waals surface area contributed by atoms with Gasteiger partial charge in [0.2, 0.25) is 5.91 Å². The number of benzene rings is 1. The highest BCUT2D eigenvalue weighted by Crippen LogP contribution is 2.23. The predicted octanol–water partition coefficient (Wildman–Crippen LogP) is 2.14. The lowest BCUT2D eigenvalue weighted by Crippen LogP contribution is -2.42. The standard InChI is InChI=1S/C22H35N5O2/c1-4-23-22(25-15-14-24-20(28)18-8-6-5-7-9-18)26-16-17-10-12-19(13-11-17)21(29)27(2)3/h10-13,18H,4-9,14-16H2,1-3H3,(H,24,28)(H2,23,25,26). The van der Waals surface area contributed by atoms with Gasteiger partial charge < -0.3 is 20.9 Å². The number of nitrogens with one attached hydrogen (secondary N) is 3. The van der Waals surface area contributed by atoms with Crippen LogP contribution in [0.4, 0.5) is 0 Å². The van der Waals surface area contributed by atoms with Crippen molar-refractivity contribution in [2.75, 3.05) is 33.7 Å². The van der Waals surface area contributed by atoms with Gasteiger partial charge in [0.25, 0.3) is 5.91 Å². The van der Waals surface area contributed by atoms with Crippen LogP contribution in [0, 0.1) is 5.92 Å². The van der Waals surface area contributed by atoms with Gasteiger partial charge >= 0.3 is 0 Å². The molecule has 29 heavy (non-hydrogen) atoms. The van der Waals surface area contributed by atoms with Crippen LogP contribution >= 0.6 is 0 Å². The minimum atomic E-state index is -0.00895. The van der Waals surface area contributed by atoms with E-state index in [9.17, 15) is 9.59 Å². The van der Waals surface area contributed by atoms with E-state index in [4.69, 9.17) is 0 Å². The molecular weight excluding hydrogens is 366 g/mol. The quantitative estimate of drug-likeness (QED) is 0.354. The fraction of sp³-hybridized carbons (Fsp3) is 0.591. The molecule has 7 heteroatoms. The SMILES string of the molecule is CCNC(=NCc1ccc(C(=O)N(C)C)cc1)NCCNC(=O)C1CCCCC1. The maximum Gasteiger partial charge on any atom is 0.253 e. The van der Waals surface area contributed by atoms with Crippen molar-refractivity contribution in [1.82, 2.24) is 20.9 Å². The van der Waals surface area contributed by atoms with Gasteiger partial charge in [-0.15, -0.1) is 0 Å². The van der Waals surface area contributed by atoms with E-state index in [0.29, 0.717) is 31.2 Å². The highest BCUT2D eigenvalue weighted by atomic mass is 16.2. The summed E-state index contributed by atoms with van der Waals surface area (Å²) >= 11 is 0. The van der Waals surface area contributed by atoms with Crippen LogP contribution in [0.5, 0.6) is 0 Å². The molecule has 7 nitrogen and oxygen atoms in total. The van der Waals surface area contributed by atoms with Crippen molar-refractivity contribution in [3.63, 3.8) is 0 Å². The lowest BCUT2D eigenvalue weighted by atomic mass is 9.89. The molecule has 0 bridgehead atoms. The Hall–Kier alpha value is -2.57. The molecule has 1 saturated carbocycles. The van der Waals surface area contributed by atoms with E-state index in [1.165, 1.54) is 6.42 Å². The van der Waals surface area contributed by atoms with Gasteiger partial charge in [0, 0.05) is 45.2 Å². The summed E-state index contributed by atoms with van der Waals surface area (Å²) in [6.07, 6.45) is 5.61. The van der Waals surface area contributed by atoms with Gasteiger partial charge in [-0.3, -0.25) is 9.59 Å². The Kier molecular flexibility index (Phi) is 9.47. The number of hydrogen-bond acceptors (Lipinski definition) is 3. The van der Waals surface area contributed by atoms with Gasteiger partial charge in [-0.1, -0.05) is 31.4 Å². The average molecular weight is 402 g/mol. The predicted molar refractivity (Wildman–Crippen MR) is 117 cm³/mol. The second-order valence-corrected chi connectivity index (χ2v) is 7.64. The number of rotatable bonds is 8. The molecule has 0 heterocycles. The minimum absolute atomic E-state index is 0.00895. The van der Waals surface area contributed by atoms with Crippen LogP contribution in [0.15, 0.2) is 29.3 Å². The van der Waals surface area contributed by atoms with Crippen LogP contribution in [-0.4, -0.2) is 56.4 Å². The zero-order chi connectivity index (χ0) is 21.1. The number of aliphatic imine (C=N–C) groups is 1. The maximum absolute atomic E-state index is 12.2. The lowest BCUT2D eigenvalue weighted by molar-refractivity contribution is -0.125. The van der Waals surface area contributed by atoms with Crippen LogP contribution in [-0.2, 0) is 11.3 Å². The van der Waals surface area contributed by atoms with E-state index in [1.54, 1.807) is 19.0 Å². The first-order valence-electron chi connectivity index (χ1n) is 10.6. The van der Waals surface area contributed by atoms with Crippen molar-refractivity contribution in [1.29, 1.82) is 0 Å². The summed E-state index contributed by atoms with van der Waals surface area (Å²) in [6.45, 7) is 4.50. The molecule has 160 valence electrons. The van der Waals surface area contributed by atoms with Crippen molar-refractivity contribution in [3.05, 3.63) is 35.4 Å². The van der Waals surface area contributed by atoms with Crippen LogP contribution in [0.3, 0.4) is 0 Å². The first-order valence-corrected chi connectivity index (χ1v) is 10.6. The molecule has 0 radical (unpaired) electrons. The first kappa shape index (κ1) is 22.7. The molecule has 1 aliphatic carbocycles. The summed E-state index contributed by atoms with van der Waals surface area (Å²) in [5.74, 6) is 1.08. The van der Waals surface area contributed by atoms with Crippen molar-refractivity contribution in [3.8, 4) is 0 Å². The van der Waals surface area contributed by atoms with Gasteiger partial charge in [-0.2, -0.15) is 0 Å². The molecule has 1 fully saturated rings. The highest BCUT2D eigenvalue weighted by molar-refractivity contribution is 5.93. The van der Waals surface area contributed by atoms with E-state index >= 15 is 0 Å². The summed E-state index contributed by atoms with van der Waals surface area (Å²) in [5, 5.41) is 9.50. The normalized spacial score (nSPS) is 14.9. The second-order valence-electron chi connectivity index (χ2n) is 7.64. The molecule has 0 atom stereocenters. The number of guanidine groups is 1. The zero-order valence-corrected chi connectivity index (χ0v) is 18.0. The molecule has 2 rings (SSSR count). The molecular formula is C22H35N5O2. The molecule has 0 spiro atoms. The minimum Gasteiger partial charge on any atom is -0.357 e. The lowest BCUT2D eigenvalue weighted by Gasteiger charge is -2.21. The number of hydrogen-bond donors (Lipinski definition) is 3. The van der Waals surface area contributed by atoms with E-state index in [2.05, 4.69) is 20.9 Å². The fourth-order valence-corrected chi connectivity index (χ4v) is 3.40. The summed E-state index contributed by atoms with van der Waals surface area (Å²) in [7, 11) is 3.49. The third kappa shape index (κ3) is 7.75. The Morgan fingerprint density at radius 1 is 1.00 bits per heavy atom. The Morgan fingerprint density at radius 3 is 2.28 bits per heavy atom. The monoisotopic (exact) mass is 401 g/mol. The third-order valence-electron chi connectivity index (χ3n) is 5.06. The van der Waals surface area contributed by atoms with Gasteiger partial charge in [0.05, 0.1) is 6.54 Å². The Labute approximate surface area is 174 Å². The maximum atomic E-state index is 12.2. The van der Waals surface area contributed by atoms with Crippen LogP contribution in [0.1, 0.15) is 54.9 Å². The summed E-state index contributed by atoms with van der Waals surface area (Å²) in [5.41, 5.74) is 1.70. The molecule has 0 unspecified atom stereocenters. The van der Waals surface area contributed by atoms with Crippen LogP contribution < -0.4 is 16.0 Å². The van der Waals surface area contributed by atoms with Gasteiger partial charge in [-0.25, -0.2) is 4.99 Å². The molecule has 3 N–H and O–H groups in total. The number of carbonyl (C=O) groups excluding carboxylic acids is 2. The molecule has 0 aromatic heterocycles. The molecule has 2 amide bonds. The average Bonchev–Trinajstić information content (AvgIpc) is 2.75. The Morgan fingerprint density at radius 2 is 1.66 bits per heavy atom. The summed E-state index contributed by atoms with van der Waals surface area (Å²) in [6, 6.07) is 7.51. The number of carbonyl (C=O) groups is 2. The zero-order valence-electron chi connectivity index (χ0n) is 18.0. The van der Waals surface area contributed by atoms with E-state index < -0.39 is 0 Å². The Bertz CT molecular complexity index is 679.